The molecule has 3 aromatic carbocycles. The van der Waals surface area contributed by atoms with Gasteiger partial charge in [-0.15, -0.1) is 0 Å². The molecule has 0 bridgehead atoms. The molecule has 0 aromatic heterocycles. The Balaban J connectivity index is 1.32. The molecule has 5 rings (SSSR count). The maximum absolute atomic E-state index is 7.42. The van der Waals surface area contributed by atoms with Crippen LogP contribution in [0.25, 0.3) is 0 Å². The molecule has 3 aromatic rings. The van der Waals surface area contributed by atoms with Gasteiger partial charge in [0.05, 0.1) is 36.1 Å². The summed E-state index contributed by atoms with van der Waals surface area (Å²) in [5, 5.41) is 2.61. The third-order valence-electron chi connectivity index (χ3n) is 13.2. The quantitative estimate of drug-likeness (QED) is 0.120. The average Bonchev–Trinajstić information content (AvgIpc) is 3.75. The Morgan fingerprint density at radius 1 is 0.750 bits per heavy atom. The molecule has 0 spiro atoms. The van der Waals surface area contributed by atoms with Gasteiger partial charge in [-0.05, 0) is 92.5 Å². The average molecular weight is 797 g/mol. The van der Waals surface area contributed by atoms with Crippen LogP contribution >= 0.6 is 0 Å². The lowest BCUT2D eigenvalue weighted by Crippen LogP contribution is -2.67. The van der Waals surface area contributed by atoms with Crippen LogP contribution in [-0.2, 0) is 29.7 Å². The van der Waals surface area contributed by atoms with E-state index in [1.807, 2.05) is 6.07 Å². The lowest BCUT2D eigenvalue weighted by atomic mass is 9.91. The van der Waals surface area contributed by atoms with Crippen LogP contribution < -0.4 is 10.4 Å². The molecule has 306 valence electrons. The molecule has 2 fully saturated rings. The van der Waals surface area contributed by atoms with Gasteiger partial charge in [0.1, 0.15) is 6.10 Å². The summed E-state index contributed by atoms with van der Waals surface area (Å²) in [4.78, 5) is 0. The largest absolute Gasteiger partial charge is 0.411 e. The Kier molecular flexibility index (Phi) is 14.1. The summed E-state index contributed by atoms with van der Waals surface area (Å²) in [6, 6.07) is 32.2. The maximum atomic E-state index is 7.42. The van der Waals surface area contributed by atoms with Gasteiger partial charge in [0, 0.05) is 18.4 Å². The van der Waals surface area contributed by atoms with E-state index in [-0.39, 0.29) is 57.5 Å². The van der Waals surface area contributed by atoms with Gasteiger partial charge in [-0.25, -0.2) is 0 Å². The summed E-state index contributed by atoms with van der Waals surface area (Å²) in [5.74, 6) is 7.26. The van der Waals surface area contributed by atoms with Gasteiger partial charge in [-0.3, -0.25) is 0 Å². The lowest BCUT2D eigenvalue weighted by Gasteiger charge is -2.44. The van der Waals surface area contributed by atoms with Gasteiger partial charge in [0.2, 0.25) is 0 Å². The van der Waals surface area contributed by atoms with Crippen molar-refractivity contribution in [2.45, 2.75) is 167 Å². The second-order valence-electron chi connectivity index (χ2n) is 19.7. The fourth-order valence-corrected chi connectivity index (χ4v) is 14.7. The molecule has 0 saturated carbocycles. The van der Waals surface area contributed by atoms with Gasteiger partial charge in [-0.2, -0.15) is 0 Å². The summed E-state index contributed by atoms with van der Waals surface area (Å²) in [7, 11) is -4.65. The first kappa shape index (κ1) is 44.6. The molecule has 2 aliphatic heterocycles. The third kappa shape index (κ3) is 10.00. The van der Waals surface area contributed by atoms with Crippen LogP contribution in [0.5, 0.6) is 0 Å². The van der Waals surface area contributed by atoms with E-state index in [4.69, 9.17) is 23.1 Å². The van der Waals surface area contributed by atoms with Crippen LogP contribution in [0.15, 0.2) is 91.0 Å². The molecule has 0 amide bonds. The van der Waals surface area contributed by atoms with E-state index in [9.17, 15) is 0 Å². The predicted molar refractivity (Wildman–Crippen MR) is 237 cm³/mol. The minimum absolute atomic E-state index is 0.0165. The molecule has 2 aliphatic rings. The minimum atomic E-state index is -2.72. The van der Waals surface area contributed by atoms with Crippen LogP contribution in [0.3, 0.4) is 0 Å². The lowest BCUT2D eigenvalue weighted by molar-refractivity contribution is -0.161. The highest BCUT2D eigenvalue weighted by Crippen LogP contribution is 2.46. The summed E-state index contributed by atoms with van der Waals surface area (Å²) >= 11 is 0. The monoisotopic (exact) mass is 796 g/mol. The molecular weight excluding hydrogens is 725 g/mol. The van der Waals surface area contributed by atoms with Crippen molar-refractivity contribution < 1.29 is 23.1 Å². The zero-order valence-corrected chi connectivity index (χ0v) is 38.9. The summed E-state index contributed by atoms with van der Waals surface area (Å²) in [6.45, 7) is 30.7. The highest BCUT2D eigenvalue weighted by molar-refractivity contribution is 6.99. The molecule has 56 heavy (non-hydrogen) atoms. The third-order valence-corrected chi connectivity index (χ3v) is 22.8. The number of benzene rings is 3. The van der Waals surface area contributed by atoms with E-state index in [2.05, 4.69) is 186 Å². The first-order valence-electron chi connectivity index (χ1n) is 21.2. The molecule has 8 atom stereocenters. The fraction of sp³-hybridized carbons (Fsp3) is 0.592. The van der Waals surface area contributed by atoms with E-state index < -0.39 is 16.6 Å². The molecule has 0 aliphatic carbocycles. The van der Waals surface area contributed by atoms with Gasteiger partial charge < -0.3 is 23.1 Å². The van der Waals surface area contributed by atoms with E-state index in [1.165, 1.54) is 10.4 Å². The van der Waals surface area contributed by atoms with E-state index in [0.29, 0.717) is 13.2 Å². The van der Waals surface area contributed by atoms with Crippen LogP contribution in [0.4, 0.5) is 0 Å². The fourth-order valence-electron chi connectivity index (χ4n) is 8.52. The summed E-state index contributed by atoms with van der Waals surface area (Å²) < 4.78 is 34.8. The van der Waals surface area contributed by atoms with Gasteiger partial charge >= 0.3 is 0 Å². The van der Waals surface area contributed by atoms with Crippen molar-refractivity contribution in [3.63, 3.8) is 0 Å². The van der Waals surface area contributed by atoms with Crippen LogP contribution in [0, 0.1) is 23.7 Å². The number of ether oxygens (including phenoxy) is 3. The Labute approximate surface area is 342 Å². The second-order valence-corrected chi connectivity index (χ2v) is 28.8. The number of hydrogen-bond acceptors (Lipinski definition) is 5. The molecule has 5 nitrogen and oxygen atoms in total. The summed E-state index contributed by atoms with van der Waals surface area (Å²) in [5.41, 5.74) is 0.443. The van der Waals surface area contributed by atoms with Crippen molar-refractivity contribution in [1.82, 2.24) is 0 Å². The molecule has 2 heterocycles. The standard InChI is InChI=1S/C49H72O5Si2/c1-37(29-30-41-31-33-49(11,52-41)44-32-34-48(10,53-44)39(3)54-55(12,13)46(4,5)6)45(50-36-40-23-17-14-18-24-40)38(2)35-51-56(47(7,8)9,42-25-19-15-20-26-42)43-27-21-16-22-28-43/h14-28,37-39,41,44-45H,31-36H2,1-13H3/t37-,38+,39+,41+,44+,45-,48-,49-/m0/s1. The van der Waals surface area contributed by atoms with Crippen molar-refractivity contribution in [3.8, 4) is 11.8 Å². The minimum Gasteiger partial charge on any atom is -0.411 e. The van der Waals surface area contributed by atoms with Gasteiger partial charge in [0.25, 0.3) is 8.32 Å². The molecule has 0 N–H and O–H groups in total. The highest BCUT2D eigenvalue weighted by atomic mass is 28.4. The Morgan fingerprint density at radius 2 is 1.30 bits per heavy atom. The zero-order valence-electron chi connectivity index (χ0n) is 36.9. The Hall–Kier alpha value is -2.55. The van der Waals surface area contributed by atoms with E-state index >= 15 is 0 Å². The first-order valence-corrected chi connectivity index (χ1v) is 26.0. The number of hydrogen-bond donors (Lipinski definition) is 0. The molecule has 7 heteroatoms. The van der Waals surface area contributed by atoms with Gasteiger partial charge in [0.15, 0.2) is 8.32 Å². The van der Waals surface area contributed by atoms with E-state index in [0.717, 1.165) is 31.2 Å². The van der Waals surface area contributed by atoms with Crippen LogP contribution in [0.1, 0.15) is 107 Å². The second kappa shape index (κ2) is 17.7. The topological polar surface area (TPSA) is 46.2 Å². The van der Waals surface area contributed by atoms with E-state index in [1.54, 1.807) is 0 Å². The predicted octanol–water partition coefficient (Wildman–Crippen LogP) is 10.7. The molecular formula is C49H72O5Si2. The SMILES string of the molecule is C[C@H](CO[Si](c1ccccc1)(c1ccccc1)C(C)(C)C)[C@@H](OCc1ccccc1)[C@@H](C)C#C[C@@H]1CC[C@@](C)([C@H]2CC[C@@](C)([C@@H](C)O[Si](C)(C)C(C)(C)C)O2)O1. The van der Waals surface area contributed by atoms with Crippen molar-refractivity contribution >= 4 is 27.0 Å². The first-order chi connectivity index (χ1) is 26.2. The van der Waals surface area contributed by atoms with Crippen molar-refractivity contribution in [3.05, 3.63) is 96.6 Å². The Bertz CT molecular complexity index is 1700. The highest BCUT2D eigenvalue weighted by Gasteiger charge is 2.53. The van der Waals surface area contributed by atoms with Gasteiger partial charge in [-0.1, -0.05) is 151 Å². The van der Waals surface area contributed by atoms with Crippen LogP contribution in [-0.4, -0.2) is 58.9 Å². The zero-order chi connectivity index (χ0) is 41.0. The summed E-state index contributed by atoms with van der Waals surface area (Å²) in [6.07, 6.45) is 3.50. The maximum Gasteiger partial charge on any atom is 0.261 e. The smallest absolute Gasteiger partial charge is 0.261 e. The van der Waals surface area contributed by atoms with Crippen LogP contribution in [0.2, 0.25) is 23.2 Å². The van der Waals surface area contributed by atoms with Crippen molar-refractivity contribution in [1.29, 1.82) is 0 Å². The van der Waals surface area contributed by atoms with Crippen molar-refractivity contribution in [2.75, 3.05) is 6.61 Å². The molecule has 2 saturated heterocycles. The normalized spacial score (nSPS) is 25.6. The molecule has 0 radical (unpaired) electrons. The number of rotatable bonds is 14. The Morgan fingerprint density at radius 3 is 1.84 bits per heavy atom. The molecule has 0 unspecified atom stereocenters. The van der Waals surface area contributed by atoms with Crippen molar-refractivity contribution in [2.24, 2.45) is 11.8 Å².